The Balaban J connectivity index is 2.30. The third-order valence-corrected chi connectivity index (χ3v) is 2.91. The minimum absolute atomic E-state index is 0.0848. The zero-order valence-electron chi connectivity index (χ0n) is 7.74. The Morgan fingerprint density at radius 1 is 1.33 bits per heavy atom. The molecule has 1 aromatic rings. The summed E-state index contributed by atoms with van der Waals surface area (Å²) in [7, 11) is 0. The van der Waals surface area contributed by atoms with Gasteiger partial charge >= 0.3 is 6.18 Å². The quantitative estimate of drug-likeness (QED) is 0.729. The number of hydrogen-bond acceptors (Lipinski definition) is 1. The lowest BCUT2D eigenvalue weighted by atomic mass is 9.95. The van der Waals surface area contributed by atoms with Gasteiger partial charge in [0, 0.05) is 11.6 Å². The van der Waals surface area contributed by atoms with Gasteiger partial charge in [-0.05, 0) is 23.6 Å². The Bertz CT molecular complexity index is 375. The second-order valence-electron chi connectivity index (χ2n) is 3.56. The molecule has 1 atom stereocenters. The van der Waals surface area contributed by atoms with Crippen molar-refractivity contribution < 1.29 is 13.2 Å². The molecule has 15 heavy (non-hydrogen) atoms. The fraction of sp³-hybridized carbons (Fsp3) is 0.400. The van der Waals surface area contributed by atoms with Gasteiger partial charge < -0.3 is 5.32 Å². The maximum absolute atomic E-state index is 12.5. The summed E-state index contributed by atoms with van der Waals surface area (Å²) in [6.45, 7) is 0.222. The van der Waals surface area contributed by atoms with Crippen LogP contribution in [0.3, 0.4) is 0 Å². The number of halogens is 4. The van der Waals surface area contributed by atoms with Crippen LogP contribution in [0, 0.1) is 0 Å². The number of hydrogen-bond donors (Lipinski definition) is 1. The lowest BCUT2D eigenvalue weighted by Crippen LogP contribution is -2.46. The van der Waals surface area contributed by atoms with E-state index in [1.807, 2.05) is 0 Å². The molecule has 0 spiro atoms. The summed E-state index contributed by atoms with van der Waals surface area (Å²) in [6, 6.07) is 3.68. The third kappa shape index (κ3) is 2.11. The van der Waals surface area contributed by atoms with Crippen LogP contribution < -0.4 is 5.32 Å². The number of rotatable bonds is 0. The summed E-state index contributed by atoms with van der Waals surface area (Å²) in [5, 5.41) is 2.88. The van der Waals surface area contributed by atoms with Crippen LogP contribution in [0.2, 0.25) is 5.02 Å². The van der Waals surface area contributed by atoms with E-state index >= 15 is 0 Å². The molecule has 0 amide bonds. The normalized spacial score (nSPS) is 21.2. The summed E-state index contributed by atoms with van der Waals surface area (Å²) >= 11 is 5.86. The molecule has 0 fully saturated rings. The predicted molar refractivity (Wildman–Crippen MR) is 51.8 cm³/mol. The molecule has 0 saturated carbocycles. The molecule has 0 aliphatic carbocycles. The van der Waals surface area contributed by atoms with Crippen LogP contribution in [0.5, 0.6) is 0 Å². The molecule has 1 aliphatic rings. The van der Waals surface area contributed by atoms with Gasteiger partial charge in [-0.25, -0.2) is 0 Å². The predicted octanol–water partition coefficient (Wildman–Crippen LogP) is 2.92. The topological polar surface area (TPSA) is 12.0 Å². The number of fused-ring (bicyclic) bond motifs is 1. The smallest absolute Gasteiger partial charge is 0.302 e. The van der Waals surface area contributed by atoms with Crippen molar-refractivity contribution in [3.8, 4) is 0 Å². The molecular weight excluding hydrogens is 227 g/mol. The van der Waals surface area contributed by atoms with Gasteiger partial charge in [-0.3, -0.25) is 0 Å². The second-order valence-corrected chi connectivity index (χ2v) is 3.96. The number of nitrogens with one attached hydrogen (secondary N) is 1. The minimum Gasteiger partial charge on any atom is -0.302 e. The molecule has 1 N–H and O–H groups in total. The average Bonchev–Trinajstić information content (AvgIpc) is 2.16. The molecule has 2 rings (SSSR count). The van der Waals surface area contributed by atoms with Crippen molar-refractivity contribution in [1.29, 1.82) is 0 Å². The zero-order valence-corrected chi connectivity index (χ0v) is 8.49. The van der Waals surface area contributed by atoms with Gasteiger partial charge in [-0.1, -0.05) is 23.7 Å². The number of alkyl halides is 3. The fourth-order valence-corrected chi connectivity index (χ4v) is 2.01. The van der Waals surface area contributed by atoms with E-state index in [1.165, 1.54) is 0 Å². The Morgan fingerprint density at radius 2 is 2.07 bits per heavy atom. The lowest BCUT2D eigenvalue weighted by Gasteiger charge is -2.28. The van der Waals surface area contributed by atoms with Crippen molar-refractivity contribution in [2.24, 2.45) is 0 Å². The number of benzene rings is 1. The van der Waals surface area contributed by atoms with Crippen molar-refractivity contribution in [2.75, 3.05) is 0 Å². The first kappa shape index (κ1) is 10.8. The first-order valence-corrected chi connectivity index (χ1v) is 4.92. The first-order valence-electron chi connectivity index (χ1n) is 4.55. The van der Waals surface area contributed by atoms with E-state index in [0.717, 1.165) is 5.56 Å². The van der Waals surface area contributed by atoms with Gasteiger partial charge in [0.1, 0.15) is 6.04 Å². The molecule has 1 unspecified atom stereocenters. The van der Waals surface area contributed by atoms with E-state index in [-0.39, 0.29) is 13.0 Å². The molecular formula is C10H9ClF3N. The molecule has 5 heteroatoms. The summed E-state index contributed by atoms with van der Waals surface area (Å²) in [4.78, 5) is 0. The summed E-state index contributed by atoms with van der Waals surface area (Å²) in [5.41, 5.74) is 1.46. The molecule has 1 aliphatic heterocycles. The van der Waals surface area contributed by atoms with E-state index in [1.54, 1.807) is 18.2 Å². The Hall–Kier alpha value is -0.740. The second kappa shape index (κ2) is 3.68. The van der Waals surface area contributed by atoms with E-state index in [4.69, 9.17) is 11.6 Å². The average molecular weight is 236 g/mol. The van der Waals surface area contributed by atoms with Gasteiger partial charge in [0.05, 0.1) is 0 Å². The fourth-order valence-electron chi connectivity index (χ4n) is 1.74. The molecule has 1 aromatic carbocycles. The van der Waals surface area contributed by atoms with Crippen molar-refractivity contribution in [2.45, 2.75) is 25.2 Å². The molecule has 0 radical (unpaired) electrons. The van der Waals surface area contributed by atoms with E-state index in [2.05, 4.69) is 5.32 Å². The summed E-state index contributed by atoms with van der Waals surface area (Å²) < 4.78 is 37.4. The van der Waals surface area contributed by atoms with E-state index < -0.39 is 12.2 Å². The van der Waals surface area contributed by atoms with Gasteiger partial charge in [0.15, 0.2) is 0 Å². The van der Waals surface area contributed by atoms with E-state index in [0.29, 0.717) is 10.6 Å². The molecule has 0 aromatic heterocycles. The maximum Gasteiger partial charge on any atom is 0.404 e. The first-order chi connectivity index (χ1) is 6.98. The largest absolute Gasteiger partial charge is 0.404 e. The van der Waals surface area contributed by atoms with Gasteiger partial charge in [0.25, 0.3) is 0 Å². The van der Waals surface area contributed by atoms with Crippen LogP contribution >= 0.6 is 11.6 Å². The van der Waals surface area contributed by atoms with Crippen LogP contribution in [-0.4, -0.2) is 12.2 Å². The molecule has 1 heterocycles. The highest BCUT2D eigenvalue weighted by atomic mass is 35.5. The minimum atomic E-state index is -4.21. The maximum atomic E-state index is 12.5. The zero-order chi connectivity index (χ0) is 11.1. The molecule has 0 bridgehead atoms. The monoisotopic (exact) mass is 235 g/mol. The molecule has 0 saturated heterocycles. The van der Waals surface area contributed by atoms with E-state index in [9.17, 15) is 13.2 Å². The van der Waals surface area contributed by atoms with Crippen LogP contribution in [0.15, 0.2) is 18.2 Å². The molecule has 82 valence electrons. The SMILES string of the molecule is FC(F)(F)C1Cc2c(Cl)cccc2CN1. The van der Waals surface area contributed by atoms with Crippen LogP contribution in [-0.2, 0) is 13.0 Å². The van der Waals surface area contributed by atoms with Crippen LogP contribution in [0.1, 0.15) is 11.1 Å². The summed E-state index contributed by atoms with van der Waals surface area (Å²) in [5.74, 6) is 0. The van der Waals surface area contributed by atoms with Crippen molar-refractivity contribution in [3.63, 3.8) is 0 Å². The van der Waals surface area contributed by atoms with Crippen LogP contribution in [0.25, 0.3) is 0 Å². The summed E-state index contributed by atoms with van der Waals surface area (Å²) in [6.07, 6.45) is -4.30. The highest BCUT2D eigenvalue weighted by Gasteiger charge is 2.41. The Kier molecular flexibility index (Phi) is 2.64. The van der Waals surface area contributed by atoms with Crippen molar-refractivity contribution in [1.82, 2.24) is 5.32 Å². The highest BCUT2D eigenvalue weighted by molar-refractivity contribution is 6.31. The van der Waals surface area contributed by atoms with Crippen molar-refractivity contribution in [3.05, 3.63) is 34.3 Å². The molecule has 1 nitrogen and oxygen atoms in total. The Morgan fingerprint density at radius 3 is 2.73 bits per heavy atom. The highest BCUT2D eigenvalue weighted by Crippen LogP contribution is 2.31. The lowest BCUT2D eigenvalue weighted by molar-refractivity contribution is -0.157. The Labute approximate surface area is 90.2 Å². The van der Waals surface area contributed by atoms with Crippen LogP contribution in [0.4, 0.5) is 13.2 Å². The standard InChI is InChI=1S/C10H9ClF3N/c11-8-3-1-2-6-5-15-9(4-7(6)8)10(12,13)14/h1-3,9,15H,4-5H2. The van der Waals surface area contributed by atoms with Crippen molar-refractivity contribution >= 4 is 11.6 Å². The third-order valence-electron chi connectivity index (χ3n) is 2.56. The van der Waals surface area contributed by atoms with Gasteiger partial charge in [0.2, 0.25) is 0 Å². The van der Waals surface area contributed by atoms with Gasteiger partial charge in [-0.2, -0.15) is 13.2 Å². The van der Waals surface area contributed by atoms with Gasteiger partial charge in [-0.15, -0.1) is 0 Å².